The van der Waals surface area contributed by atoms with Crippen LogP contribution in [0.15, 0.2) is 12.2 Å². The van der Waals surface area contributed by atoms with E-state index in [1.165, 1.54) is 109 Å². The Balaban J connectivity index is 4.53. The first-order chi connectivity index (χ1) is 43.6. The minimum Gasteiger partial charge on any atom is -0.416 e. The molecule has 546 valence electrons. The van der Waals surface area contributed by atoms with Gasteiger partial charge in [0.15, 0.2) is 8.32 Å². The molecule has 0 bridgehead atoms. The molecule has 1 fully saturated rings. The van der Waals surface area contributed by atoms with Crippen LogP contribution in [-0.4, -0.2) is 242 Å². The average molecular weight is 1380 g/mol. The van der Waals surface area contributed by atoms with Crippen molar-refractivity contribution in [3.8, 4) is 0 Å². The number of hydrogen-bond donors (Lipinski definition) is 4. The highest BCUT2D eigenvalue weighted by molar-refractivity contribution is 8.00. The molecule has 0 spiro atoms. The third-order valence-electron chi connectivity index (χ3n) is 18.7. The van der Waals surface area contributed by atoms with Gasteiger partial charge in [0, 0.05) is 66.9 Å². The summed E-state index contributed by atoms with van der Waals surface area (Å²) in [5, 5.41) is 10.6. The lowest BCUT2D eigenvalue weighted by atomic mass is 9.93. The van der Waals surface area contributed by atoms with Crippen molar-refractivity contribution in [2.24, 2.45) is 41.4 Å². The van der Waals surface area contributed by atoms with Crippen LogP contribution in [0.25, 0.3) is 0 Å². The minimum atomic E-state index is -2.23. The van der Waals surface area contributed by atoms with Gasteiger partial charge >= 0.3 is 0 Å². The molecule has 11 amide bonds. The maximum absolute atomic E-state index is 15.8. The van der Waals surface area contributed by atoms with Crippen molar-refractivity contribution >= 4 is 85.1 Å². The molecule has 25 heteroatoms. The molecule has 0 aliphatic carbocycles. The van der Waals surface area contributed by atoms with Gasteiger partial charge < -0.3 is 60.0 Å². The van der Waals surface area contributed by atoms with E-state index in [4.69, 9.17) is 4.43 Å². The van der Waals surface area contributed by atoms with E-state index >= 15 is 19.2 Å². The SMILES string of the molecule is C/C=C/C[C@@H](C)[C@@H](SCCO[Si](C)(C)C(C)(C)C)[C@H]1C(=O)N[C@@H](CC)C(=O)N(C)CC(=O)N(C)[C@@H](CC(C)C)C(=O)N[C@@H](C(C)C)C(=O)N(C)[C@@H](CC(C)C)C(=O)N[C@@H](C)C(=O)N[C@H](C)C(=O)N(C)[C@@H](CC(C)C)C(=O)N(C)[C@@H](CC(C)C)C(=O)N(C)[C@@H](C(C)C)C(=O)N1C. The number of amides is 11. The van der Waals surface area contributed by atoms with E-state index in [0.717, 1.165) is 0 Å². The molecule has 95 heavy (non-hydrogen) atoms. The number of allylic oxidation sites excluding steroid dienone is 2. The number of rotatable bonds is 20. The van der Waals surface area contributed by atoms with E-state index in [0.29, 0.717) is 18.8 Å². The van der Waals surface area contributed by atoms with Crippen LogP contribution < -0.4 is 21.3 Å². The van der Waals surface area contributed by atoms with Crippen molar-refractivity contribution in [2.45, 2.75) is 261 Å². The first-order valence-electron chi connectivity index (χ1n) is 34.6. The standard InChI is InChI=1S/C70H129N11O12SSi/c1-30-32-33-47(15)59(94-35-34-93-95(28,29)70(18,19)20)58-63(86)73-50(31-2)65(88)75(21)40-55(82)76(22)51(36-41(3)4)62(85)74-56(45(11)12)68(91)77(23)52(37-42(5)6)61(84)71-48(16)60(83)72-49(17)64(87)78(24)53(38-43(7)8)66(89)79(25)54(39-44(9)10)67(90)80(26)57(46(13)14)69(92)81(58)27/h30,32,41-54,56-59H,31,33-40H2,1-29H3,(H,71,84)(H,72,83)(H,73,86)(H,74,85)/b32-30+/t47-,48+,49-,50+,51+,52+,53+,54+,56+,57+,58+,59-/m1/s1. The van der Waals surface area contributed by atoms with Gasteiger partial charge in [0.25, 0.3) is 0 Å². The molecule has 1 aliphatic heterocycles. The van der Waals surface area contributed by atoms with Gasteiger partial charge in [-0.3, -0.25) is 52.7 Å². The quantitative estimate of drug-likeness (QED) is 0.0542. The lowest BCUT2D eigenvalue weighted by molar-refractivity contribution is -0.156. The second-order valence-corrected chi connectivity index (χ2v) is 36.6. The molecule has 0 aromatic rings. The molecule has 1 saturated heterocycles. The Labute approximate surface area is 577 Å². The number of carbonyl (C=O) groups excluding carboxylic acids is 11. The predicted molar refractivity (Wildman–Crippen MR) is 382 cm³/mol. The highest BCUT2D eigenvalue weighted by Gasteiger charge is 2.47. The summed E-state index contributed by atoms with van der Waals surface area (Å²) in [6, 6.07) is -11.8. The molecule has 4 N–H and O–H groups in total. The second-order valence-electron chi connectivity index (χ2n) is 30.5. The number of thioether (sulfide) groups is 1. The van der Waals surface area contributed by atoms with Gasteiger partial charge in [0.1, 0.15) is 60.4 Å². The Bertz CT molecular complexity index is 2610. The van der Waals surface area contributed by atoms with E-state index < -0.39 is 157 Å². The zero-order chi connectivity index (χ0) is 73.8. The Hall–Kier alpha value is -5.56. The summed E-state index contributed by atoms with van der Waals surface area (Å²) in [4.78, 5) is 173. The molecule has 0 aromatic carbocycles. The molecule has 23 nitrogen and oxygen atoms in total. The van der Waals surface area contributed by atoms with Crippen LogP contribution in [0, 0.1) is 41.4 Å². The fourth-order valence-corrected chi connectivity index (χ4v) is 14.2. The molecule has 0 saturated carbocycles. The summed E-state index contributed by atoms with van der Waals surface area (Å²) < 4.78 is 6.64. The molecule has 1 aliphatic rings. The molecule has 12 atom stereocenters. The summed E-state index contributed by atoms with van der Waals surface area (Å²) in [5.41, 5.74) is 0. The third-order valence-corrected chi connectivity index (χ3v) is 24.8. The van der Waals surface area contributed by atoms with Gasteiger partial charge in [-0.2, -0.15) is 11.8 Å². The van der Waals surface area contributed by atoms with Crippen LogP contribution in [0.1, 0.15) is 177 Å². The van der Waals surface area contributed by atoms with Crippen molar-refractivity contribution in [2.75, 3.05) is 68.2 Å². The first kappa shape index (κ1) is 87.4. The zero-order valence-corrected chi connectivity index (χ0v) is 65.7. The Morgan fingerprint density at radius 3 is 1.40 bits per heavy atom. The van der Waals surface area contributed by atoms with E-state index in [2.05, 4.69) is 55.1 Å². The Morgan fingerprint density at radius 1 is 0.516 bits per heavy atom. The molecule has 0 radical (unpaired) electrons. The van der Waals surface area contributed by atoms with E-state index in [-0.39, 0.29) is 66.7 Å². The predicted octanol–water partition coefficient (Wildman–Crippen LogP) is 7.03. The fourth-order valence-electron chi connectivity index (χ4n) is 11.6. The van der Waals surface area contributed by atoms with Gasteiger partial charge in [0.05, 0.1) is 6.54 Å². The smallest absolute Gasteiger partial charge is 0.246 e. The number of nitrogens with one attached hydrogen (secondary N) is 4. The topological polar surface area (TPSA) is 268 Å². The van der Waals surface area contributed by atoms with Crippen LogP contribution in [0.3, 0.4) is 0 Å². The van der Waals surface area contributed by atoms with Gasteiger partial charge in [0.2, 0.25) is 65.0 Å². The zero-order valence-electron chi connectivity index (χ0n) is 63.8. The average Bonchev–Trinajstić information content (AvgIpc) is 0.815. The van der Waals surface area contributed by atoms with E-state index in [1.54, 1.807) is 34.6 Å². The third kappa shape index (κ3) is 25.4. The van der Waals surface area contributed by atoms with Crippen molar-refractivity contribution in [3.05, 3.63) is 12.2 Å². The number of nitrogens with zero attached hydrogens (tertiary/aromatic N) is 7. The Morgan fingerprint density at radius 2 is 0.947 bits per heavy atom. The Kier molecular flexibility index (Phi) is 36.0. The maximum atomic E-state index is 15.8. The minimum absolute atomic E-state index is 0.0805. The van der Waals surface area contributed by atoms with Gasteiger partial charge in [-0.1, -0.05) is 130 Å². The first-order valence-corrected chi connectivity index (χ1v) is 38.5. The number of hydrogen-bond acceptors (Lipinski definition) is 13. The second kappa shape index (κ2) is 39.1. The molecular weight excluding hydrogens is 1250 g/mol. The van der Waals surface area contributed by atoms with Gasteiger partial charge in [-0.05, 0) is 119 Å². The highest BCUT2D eigenvalue weighted by atomic mass is 32.2. The fraction of sp³-hybridized carbons (Fsp3) is 0.814. The number of carbonyl (C=O) groups is 11. The summed E-state index contributed by atoms with van der Waals surface area (Å²) in [5.74, 6) is -8.20. The molecule has 1 rings (SSSR count). The van der Waals surface area contributed by atoms with Crippen LogP contribution >= 0.6 is 11.8 Å². The van der Waals surface area contributed by atoms with Crippen molar-refractivity contribution in [3.63, 3.8) is 0 Å². The van der Waals surface area contributed by atoms with Gasteiger partial charge in [-0.25, -0.2) is 0 Å². The molecule has 1 heterocycles. The van der Waals surface area contributed by atoms with E-state index in [1.807, 2.05) is 81.4 Å². The van der Waals surface area contributed by atoms with Crippen molar-refractivity contribution in [1.82, 2.24) is 55.6 Å². The highest BCUT2D eigenvalue weighted by Crippen LogP contribution is 2.37. The number of likely N-dealkylation sites (N-methyl/N-ethyl adjacent to an activating group) is 7. The lowest BCUT2D eigenvalue weighted by Gasteiger charge is -2.42. The summed E-state index contributed by atoms with van der Waals surface area (Å²) in [6.45, 7) is 41.4. The summed E-state index contributed by atoms with van der Waals surface area (Å²) >= 11 is 1.49. The monoisotopic (exact) mass is 1380 g/mol. The van der Waals surface area contributed by atoms with Crippen LogP contribution in [0.2, 0.25) is 18.1 Å². The largest absolute Gasteiger partial charge is 0.416 e. The molecule has 0 aromatic heterocycles. The van der Waals surface area contributed by atoms with Crippen molar-refractivity contribution < 1.29 is 57.2 Å². The maximum Gasteiger partial charge on any atom is 0.246 e. The van der Waals surface area contributed by atoms with Crippen molar-refractivity contribution in [1.29, 1.82) is 0 Å². The van der Waals surface area contributed by atoms with Crippen LogP contribution in [0.5, 0.6) is 0 Å². The summed E-state index contributed by atoms with van der Waals surface area (Å²) in [7, 11) is 8.14. The summed E-state index contributed by atoms with van der Waals surface area (Å²) in [6.07, 6.45) is 5.19. The molecular formula is C70H129N11O12SSi. The van der Waals surface area contributed by atoms with E-state index in [9.17, 15) is 33.6 Å². The van der Waals surface area contributed by atoms with Gasteiger partial charge in [-0.15, -0.1) is 0 Å². The van der Waals surface area contributed by atoms with Crippen LogP contribution in [-0.2, 0) is 57.2 Å². The molecule has 0 unspecified atom stereocenters. The normalized spacial score (nSPS) is 25.7. The lowest BCUT2D eigenvalue weighted by Crippen LogP contribution is -2.63. The van der Waals surface area contributed by atoms with Crippen LogP contribution in [0.4, 0.5) is 0 Å².